The molecule has 0 radical (unpaired) electrons. The summed E-state index contributed by atoms with van der Waals surface area (Å²) in [6.45, 7) is 0.384. The van der Waals surface area contributed by atoms with Crippen LogP contribution < -0.4 is 11.1 Å². The summed E-state index contributed by atoms with van der Waals surface area (Å²) in [5, 5.41) is 3.57. The van der Waals surface area contributed by atoms with Crippen molar-refractivity contribution in [3.63, 3.8) is 0 Å². The van der Waals surface area contributed by atoms with Gasteiger partial charge in [-0.25, -0.2) is 0 Å². The molecular weight excluding hydrogens is 300 g/mol. The molecule has 1 amide bonds. The number of rotatable bonds is 4. The summed E-state index contributed by atoms with van der Waals surface area (Å²) in [4.78, 5) is 12.1. The van der Waals surface area contributed by atoms with Crippen molar-refractivity contribution in [2.24, 2.45) is 11.7 Å². The van der Waals surface area contributed by atoms with Crippen LogP contribution in [0.25, 0.3) is 11.3 Å². The highest BCUT2D eigenvalue weighted by molar-refractivity contribution is 6.33. The molecular formula is C17H19ClN2O2. The van der Waals surface area contributed by atoms with Crippen molar-refractivity contribution < 1.29 is 9.21 Å². The predicted octanol–water partition coefficient (Wildman–Crippen LogP) is 3.34. The van der Waals surface area contributed by atoms with Gasteiger partial charge < -0.3 is 15.5 Å². The number of nitrogens with one attached hydrogen (secondary N) is 1. The zero-order chi connectivity index (χ0) is 15.5. The Bertz CT molecular complexity index is 668. The lowest BCUT2D eigenvalue weighted by atomic mass is 10.1. The number of hydrogen-bond acceptors (Lipinski definition) is 3. The second kappa shape index (κ2) is 6.55. The number of amides is 1. The van der Waals surface area contributed by atoms with E-state index in [1.165, 1.54) is 0 Å². The van der Waals surface area contributed by atoms with Gasteiger partial charge in [0.1, 0.15) is 11.5 Å². The standard InChI is InChI=1S/C17H19ClN2O2/c18-15-4-2-1-3-14(15)16-8-7-13(22-16)10-20-17(21)11-5-6-12(19)9-11/h1-4,7-8,11-12H,5-6,9-10,19H2,(H,20,21)/t11-,12+/m1/s1. The van der Waals surface area contributed by atoms with E-state index in [0.29, 0.717) is 23.1 Å². The van der Waals surface area contributed by atoms with Crippen LogP contribution in [0.4, 0.5) is 0 Å². The first-order valence-corrected chi connectivity index (χ1v) is 7.88. The third kappa shape index (κ3) is 3.34. The minimum absolute atomic E-state index is 0.0352. The van der Waals surface area contributed by atoms with E-state index in [2.05, 4.69) is 5.32 Å². The van der Waals surface area contributed by atoms with E-state index in [1.54, 1.807) is 0 Å². The van der Waals surface area contributed by atoms with Crippen molar-refractivity contribution in [2.75, 3.05) is 0 Å². The van der Waals surface area contributed by atoms with Crippen molar-refractivity contribution in [1.82, 2.24) is 5.32 Å². The van der Waals surface area contributed by atoms with Crippen LogP contribution in [0.3, 0.4) is 0 Å². The molecule has 1 aliphatic rings. The highest BCUT2D eigenvalue weighted by Gasteiger charge is 2.27. The number of benzene rings is 1. The maximum absolute atomic E-state index is 12.1. The molecule has 116 valence electrons. The van der Waals surface area contributed by atoms with Gasteiger partial charge in [-0.3, -0.25) is 4.79 Å². The highest BCUT2D eigenvalue weighted by atomic mass is 35.5. The first kappa shape index (κ1) is 15.1. The Morgan fingerprint density at radius 2 is 2.09 bits per heavy atom. The molecule has 22 heavy (non-hydrogen) atoms. The van der Waals surface area contributed by atoms with Crippen LogP contribution in [0.2, 0.25) is 5.02 Å². The Balaban J connectivity index is 1.60. The van der Waals surface area contributed by atoms with E-state index in [1.807, 2.05) is 36.4 Å². The van der Waals surface area contributed by atoms with E-state index < -0.39 is 0 Å². The summed E-state index contributed by atoms with van der Waals surface area (Å²) in [7, 11) is 0. The summed E-state index contributed by atoms with van der Waals surface area (Å²) >= 11 is 6.15. The predicted molar refractivity (Wildman–Crippen MR) is 86.3 cm³/mol. The van der Waals surface area contributed by atoms with E-state index in [9.17, 15) is 4.79 Å². The number of carbonyl (C=O) groups excluding carboxylic acids is 1. The van der Waals surface area contributed by atoms with Gasteiger partial charge in [-0.2, -0.15) is 0 Å². The average molecular weight is 319 g/mol. The Morgan fingerprint density at radius 3 is 2.82 bits per heavy atom. The number of nitrogens with two attached hydrogens (primary N) is 1. The minimum atomic E-state index is 0.0352. The number of carbonyl (C=O) groups is 1. The molecule has 1 heterocycles. The zero-order valence-corrected chi connectivity index (χ0v) is 13.0. The van der Waals surface area contributed by atoms with Crippen LogP contribution in [-0.2, 0) is 11.3 Å². The fourth-order valence-corrected chi connectivity index (χ4v) is 3.08. The van der Waals surface area contributed by atoms with E-state index in [0.717, 1.165) is 24.8 Å². The van der Waals surface area contributed by atoms with E-state index in [4.69, 9.17) is 21.8 Å². The molecule has 1 aromatic carbocycles. The molecule has 2 aromatic rings. The van der Waals surface area contributed by atoms with Crippen LogP contribution in [0.5, 0.6) is 0 Å². The molecule has 1 fully saturated rings. The van der Waals surface area contributed by atoms with Gasteiger partial charge in [-0.1, -0.05) is 23.7 Å². The lowest BCUT2D eigenvalue weighted by Gasteiger charge is -2.09. The largest absolute Gasteiger partial charge is 0.459 e. The molecule has 0 unspecified atom stereocenters. The van der Waals surface area contributed by atoms with Crippen LogP contribution in [0.1, 0.15) is 25.0 Å². The Morgan fingerprint density at radius 1 is 1.27 bits per heavy atom. The quantitative estimate of drug-likeness (QED) is 0.908. The second-order valence-corrected chi connectivity index (χ2v) is 6.14. The SMILES string of the molecule is N[C@H]1CC[C@@H](C(=O)NCc2ccc(-c3ccccc3Cl)o2)C1. The van der Waals surface area contributed by atoms with Crippen LogP contribution in [0, 0.1) is 5.92 Å². The first-order valence-electron chi connectivity index (χ1n) is 7.50. The maximum Gasteiger partial charge on any atom is 0.223 e. The van der Waals surface area contributed by atoms with Gasteiger partial charge in [-0.15, -0.1) is 0 Å². The summed E-state index contributed by atoms with van der Waals surface area (Å²) in [6.07, 6.45) is 2.57. The van der Waals surface area contributed by atoms with Gasteiger partial charge in [0.2, 0.25) is 5.91 Å². The number of furan rings is 1. The molecule has 5 heteroatoms. The molecule has 3 N–H and O–H groups in total. The maximum atomic E-state index is 12.1. The van der Waals surface area contributed by atoms with Crippen LogP contribution in [-0.4, -0.2) is 11.9 Å². The molecule has 0 bridgehead atoms. The fourth-order valence-electron chi connectivity index (χ4n) is 2.85. The second-order valence-electron chi connectivity index (χ2n) is 5.73. The molecule has 0 spiro atoms. The molecule has 1 aliphatic carbocycles. The van der Waals surface area contributed by atoms with Gasteiger partial charge in [0.15, 0.2) is 0 Å². The van der Waals surface area contributed by atoms with Crippen molar-refractivity contribution in [3.8, 4) is 11.3 Å². The van der Waals surface area contributed by atoms with E-state index >= 15 is 0 Å². The van der Waals surface area contributed by atoms with Gasteiger partial charge in [-0.05, 0) is 43.5 Å². The smallest absolute Gasteiger partial charge is 0.223 e. The third-order valence-corrected chi connectivity index (χ3v) is 4.41. The number of halogens is 1. The van der Waals surface area contributed by atoms with Gasteiger partial charge in [0.25, 0.3) is 0 Å². The summed E-state index contributed by atoms with van der Waals surface area (Å²) < 4.78 is 5.76. The van der Waals surface area contributed by atoms with Crippen molar-refractivity contribution in [3.05, 3.63) is 47.2 Å². The summed E-state index contributed by atoms with van der Waals surface area (Å²) in [5.74, 6) is 1.51. The monoisotopic (exact) mass is 318 g/mol. The molecule has 0 aliphatic heterocycles. The van der Waals surface area contributed by atoms with Gasteiger partial charge in [0.05, 0.1) is 11.6 Å². The normalized spacial score (nSPS) is 21.0. The third-order valence-electron chi connectivity index (χ3n) is 4.08. The molecule has 1 aromatic heterocycles. The van der Waals surface area contributed by atoms with Crippen molar-refractivity contribution in [2.45, 2.75) is 31.8 Å². The van der Waals surface area contributed by atoms with Crippen molar-refractivity contribution in [1.29, 1.82) is 0 Å². The summed E-state index contributed by atoms with van der Waals surface area (Å²) in [5.41, 5.74) is 6.69. The minimum Gasteiger partial charge on any atom is -0.459 e. The molecule has 3 rings (SSSR count). The molecule has 4 nitrogen and oxygen atoms in total. The summed E-state index contributed by atoms with van der Waals surface area (Å²) in [6, 6.07) is 11.4. The number of hydrogen-bond donors (Lipinski definition) is 2. The Hall–Kier alpha value is -1.78. The van der Waals surface area contributed by atoms with Crippen LogP contribution >= 0.6 is 11.6 Å². The lowest BCUT2D eigenvalue weighted by molar-refractivity contribution is -0.125. The van der Waals surface area contributed by atoms with Crippen molar-refractivity contribution >= 4 is 17.5 Å². The topological polar surface area (TPSA) is 68.3 Å². The molecule has 2 atom stereocenters. The van der Waals surface area contributed by atoms with Gasteiger partial charge >= 0.3 is 0 Å². The fraction of sp³-hybridized carbons (Fsp3) is 0.353. The average Bonchev–Trinajstić information content (AvgIpc) is 3.14. The Labute approximate surface area is 134 Å². The van der Waals surface area contributed by atoms with Crippen LogP contribution in [0.15, 0.2) is 40.8 Å². The molecule has 0 saturated heterocycles. The highest BCUT2D eigenvalue weighted by Crippen LogP contribution is 2.29. The molecule has 1 saturated carbocycles. The first-order chi connectivity index (χ1) is 10.6. The van der Waals surface area contributed by atoms with E-state index in [-0.39, 0.29) is 17.9 Å². The Kier molecular flexibility index (Phi) is 4.50. The lowest BCUT2D eigenvalue weighted by Crippen LogP contribution is -2.29. The zero-order valence-electron chi connectivity index (χ0n) is 12.2. The van der Waals surface area contributed by atoms with Gasteiger partial charge in [0, 0.05) is 17.5 Å².